The van der Waals surface area contributed by atoms with Crippen LogP contribution in [0.3, 0.4) is 0 Å². The molecule has 0 aromatic carbocycles. The number of rotatable bonds is 11. The molecular weight excluding hydrogens is 833 g/mol. The Morgan fingerprint density at radius 2 is 1.80 bits per heavy atom. The number of allylic oxidation sites excluding steroid dienone is 3. The minimum absolute atomic E-state index is 0.0302. The molecule has 16 nitrogen and oxygen atoms in total. The molecule has 0 spiro atoms. The van der Waals surface area contributed by atoms with Crippen molar-refractivity contribution in [3.8, 4) is 0 Å². The number of amides is 1. The van der Waals surface area contributed by atoms with Gasteiger partial charge in [0.25, 0.3) is 0 Å². The molecule has 0 saturated carbocycles. The quantitative estimate of drug-likeness (QED) is 0.0416. The number of cyclic esters (lactones) is 1. The van der Waals surface area contributed by atoms with Crippen LogP contribution in [0.15, 0.2) is 59.7 Å². The number of hydrogen-bond donors (Lipinski definition) is 3. The van der Waals surface area contributed by atoms with Crippen LogP contribution in [0.25, 0.3) is 6.08 Å². The number of Topliss-reactive ketones (excluding diaryl/α,β-unsaturated/α-hetero) is 1. The first-order valence-electron chi connectivity index (χ1n) is 22.9. The summed E-state index contributed by atoms with van der Waals surface area (Å²) in [5.41, 5.74) is -0.113. The third kappa shape index (κ3) is 14.8. The van der Waals surface area contributed by atoms with Crippen LogP contribution in [0.1, 0.15) is 108 Å². The van der Waals surface area contributed by atoms with Crippen LogP contribution >= 0.6 is 0 Å². The SMILES string of the molecule is CC=C/C=C\N=C(C)n1cnc(/C=C/CNC)c1.CC[C@H]1OC(=O)C(C)C(=O)[C@H](C)[C@@H](O[C@@H]2O[C@H](C)C[C@H](N(C)C)[C@H]2O)C(C)(C)C[C@@H](C)/C(=C\COC(C)=O)[C@H](C)[C@H]2NC(=O)O[C@@]21C. The molecule has 65 heavy (non-hydrogen) atoms. The van der Waals surface area contributed by atoms with E-state index in [0.29, 0.717) is 19.3 Å². The molecule has 3 saturated heterocycles. The smallest absolute Gasteiger partial charge is 0.408 e. The maximum absolute atomic E-state index is 14.1. The van der Waals surface area contributed by atoms with Gasteiger partial charge in [0.2, 0.25) is 0 Å². The summed E-state index contributed by atoms with van der Waals surface area (Å²) in [5.74, 6) is -3.01. The predicted molar refractivity (Wildman–Crippen MR) is 252 cm³/mol. The number of fused-ring (bicyclic) bond motifs is 1. The van der Waals surface area contributed by atoms with Gasteiger partial charge in [-0.2, -0.15) is 0 Å². The number of nitrogens with zero attached hydrogens (tertiary/aromatic N) is 4. The Morgan fingerprint density at radius 1 is 1.11 bits per heavy atom. The highest BCUT2D eigenvalue weighted by molar-refractivity contribution is 6.00. The molecule has 3 aliphatic heterocycles. The van der Waals surface area contributed by atoms with Gasteiger partial charge in [-0.15, -0.1) is 0 Å². The highest BCUT2D eigenvalue weighted by Gasteiger charge is 2.56. The number of ether oxygens (including phenoxy) is 5. The van der Waals surface area contributed by atoms with Crippen molar-refractivity contribution >= 4 is 35.7 Å². The fourth-order valence-corrected chi connectivity index (χ4v) is 9.32. The van der Waals surface area contributed by atoms with Gasteiger partial charge in [0.05, 0.1) is 23.9 Å². The number of alkyl carbamates (subject to hydrolysis) is 1. The Kier molecular flexibility index (Phi) is 21.0. The minimum atomic E-state index is -1.24. The third-order valence-electron chi connectivity index (χ3n) is 12.8. The zero-order valence-electron chi connectivity index (χ0n) is 41.5. The molecule has 364 valence electrons. The van der Waals surface area contributed by atoms with Crippen molar-refractivity contribution in [1.29, 1.82) is 0 Å². The number of aliphatic hydroxyl groups excluding tert-OH is 1. The molecule has 3 aliphatic rings. The van der Waals surface area contributed by atoms with Gasteiger partial charge in [-0.1, -0.05) is 65.3 Å². The van der Waals surface area contributed by atoms with E-state index in [0.717, 1.165) is 23.6 Å². The molecule has 0 bridgehead atoms. The molecule has 12 atom stereocenters. The van der Waals surface area contributed by atoms with Crippen LogP contribution in [0.4, 0.5) is 4.79 Å². The summed E-state index contributed by atoms with van der Waals surface area (Å²) < 4.78 is 31.9. The van der Waals surface area contributed by atoms with Crippen LogP contribution in [-0.2, 0) is 38.1 Å². The lowest BCUT2D eigenvalue weighted by Gasteiger charge is -2.47. The summed E-state index contributed by atoms with van der Waals surface area (Å²) in [5, 5.41) is 17.3. The van der Waals surface area contributed by atoms with Crippen molar-refractivity contribution in [3.63, 3.8) is 0 Å². The number of likely N-dealkylation sites (N-methyl/N-ethyl adjacent to an activating group) is 2. The van der Waals surface area contributed by atoms with E-state index < -0.39 is 71.5 Å². The van der Waals surface area contributed by atoms with Gasteiger partial charge in [0.1, 0.15) is 36.9 Å². The number of imidazole rings is 1. The second kappa shape index (κ2) is 24.9. The summed E-state index contributed by atoms with van der Waals surface area (Å²) in [6.07, 6.45) is 14.2. The average molecular weight is 911 g/mol. The molecule has 1 aromatic heterocycles. The molecule has 16 heteroatoms. The molecule has 1 aromatic rings. The predicted octanol–water partition coefficient (Wildman–Crippen LogP) is 6.49. The molecular formula is C49H78N6O10. The van der Waals surface area contributed by atoms with Crippen molar-refractivity contribution in [1.82, 2.24) is 25.1 Å². The maximum atomic E-state index is 14.1. The lowest BCUT2D eigenvalue weighted by atomic mass is 9.68. The van der Waals surface area contributed by atoms with Crippen molar-refractivity contribution < 1.29 is 48.0 Å². The molecule has 0 aliphatic carbocycles. The monoisotopic (exact) mass is 911 g/mol. The van der Waals surface area contributed by atoms with Gasteiger partial charge in [-0.05, 0) is 105 Å². The van der Waals surface area contributed by atoms with Gasteiger partial charge in [-0.3, -0.25) is 19.0 Å². The van der Waals surface area contributed by atoms with Gasteiger partial charge >= 0.3 is 18.0 Å². The van der Waals surface area contributed by atoms with E-state index >= 15 is 0 Å². The first-order valence-corrected chi connectivity index (χ1v) is 22.9. The van der Waals surface area contributed by atoms with E-state index in [4.69, 9.17) is 23.7 Å². The van der Waals surface area contributed by atoms with Crippen LogP contribution in [0, 0.1) is 29.1 Å². The number of hydrogen-bond acceptors (Lipinski definition) is 14. The lowest BCUT2D eigenvalue weighted by molar-refractivity contribution is -0.285. The molecule has 1 amide bonds. The fourth-order valence-electron chi connectivity index (χ4n) is 9.32. The second-order valence-electron chi connectivity index (χ2n) is 18.7. The summed E-state index contributed by atoms with van der Waals surface area (Å²) in [6, 6.07) is -0.818. The summed E-state index contributed by atoms with van der Waals surface area (Å²) in [4.78, 5) is 62.7. The molecule has 4 heterocycles. The van der Waals surface area contributed by atoms with E-state index in [9.17, 15) is 24.3 Å². The van der Waals surface area contributed by atoms with Crippen LogP contribution in [-0.4, -0.2) is 132 Å². The number of nitrogens with one attached hydrogen (secondary N) is 2. The van der Waals surface area contributed by atoms with E-state index in [-0.39, 0.29) is 36.4 Å². The zero-order chi connectivity index (χ0) is 48.8. The highest BCUT2D eigenvalue weighted by atomic mass is 16.7. The highest BCUT2D eigenvalue weighted by Crippen LogP contribution is 2.44. The number of carbonyl (C=O) groups excluding carboxylic acids is 4. The topological polar surface area (TPSA) is 192 Å². The number of aromatic nitrogens is 2. The third-order valence-corrected chi connectivity index (χ3v) is 12.8. The zero-order valence-corrected chi connectivity index (χ0v) is 41.5. The first kappa shape index (κ1) is 54.9. The average Bonchev–Trinajstić information content (AvgIpc) is 3.85. The van der Waals surface area contributed by atoms with Crippen molar-refractivity contribution in [2.45, 2.75) is 151 Å². The number of ketones is 1. The van der Waals surface area contributed by atoms with E-state index in [1.54, 1.807) is 26.4 Å². The number of carbonyl (C=O) groups is 4. The summed E-state index contributed by atoms with van der Waals surface area (Å²) in [7, 11) is 5.70. The van der Waals surface area contributed by atoms with Gasteiger partial charge < -0.3 is 44.3 Å². The summed E-state index contributed by atoms with van der Waals surface area (Å²) >= 11 is 0. The number of esters is 2. The van der Waals surface area contributed by atoms with Crippen LogP contribution < -0.4 is 10.6 Å². The Labute approximate surface area is 387 Å². The number of aliphatic imine (C=N–C) groups is 1. The minimum Gasteiger partial charge on any atom is -0.462 e. The largest absolute Gasteiger partial charge is 0.462 e. The fraction of sp³-hybridized carbons (Fsp3) is 0.673. The summed E-state index contributed by atoms with van der Waals surface area (Å²) in [6.45, 7) is 22.9. The Hall–Kier alpha value is -4.48. The Balaban J connectivity index is 0.000000520. The standard InChI is InChI=1S/C35H58N2O10.C14H20N4/c1-13-26-35(10)29(36-33(42)47-35)20(4)24(14-15-43-23(7)38)18(2)17-34(8,9)30(21(5)27(39)22(6)31(41)45-26)46-32-28(40)25(37(11)12)16-19(3)44-32;1-4-5-6-10-16-13(2)18-11-14(17-12-18)8-7-9-15-3/h14,18-22,25-26,28-30,32,40H,13,15-17H2,1-12H3,(H,36,42);4-8,10-12,15H,9H2,1-3H3/b24-14+;5-4?,8-7+,10-6-,16-13?/t18-,19-,20+,21+,22?,25+,26-,28-,29-,30-,32+,35-;/m1./s1. The Bertz CT molecular complexity index is 1900. The lowest BCUT2D eigenvalue weighted by Crippen LogP contribution is -2.57. The van der Waals surface area contributed by atoms with E-state index in [1.165, 1.54) is 13.8 Å². The van der Waals surface area contributed by atoms with Gasteiger partial charge in [-0.25, -0.2) is 14.8 Å². The van der Waals surface area contributed by atoms with Gasteiger partial charge in [0, 0.05) is 43.7 Å². The first-order chi connectivity index (χ1) is 30.5. The Morgan fingerprint density at radius 3 is 2.42 bits per heavy atom. The van der Waals surface area contributed by atoms with Crippen LogP contribution in [0.5, 0.6) is 0 Å². The molecule has 3 N–H and O–H groups in total. The molecule has 4 rings (SSSR count). The van der Waals surface area contributed by atoms with Crippen molar-refractivity contribution in [3.05, 3.63) is 60.4 Å². The van der Waals surface area contributed by atoms with Crippen LogP contribution in [0.2, 0.25) is 0 Å². The van der Waals surface area contributed by atoms with Crippen molar-refractivity contribution in [2.75, 3.05) is 34.3 Å². The molecule has 0 radical (unpaired) electrons. The van der Waals surface area contributed by atoms with E-state index in [2.05, 4.69) is 27.5 Å². The number of aliphatic hydroxyl groups is 1. The molecule has 1 unspecified atom stereocenters. The molecule has 3 fully saturated rings. The van der Waals surface area contributed by atoms with E-state index in [1.807, 2.05) is 122 Å². The van der Waals surface area contributed by atoms with Crippen molar-refractivity contribution in [2.24, 2.45) is 34.1 Å². The maximum Gasteiger partial charge on any atom is 0.408 e. The second-order valence-corrected chi connectivity index (χ2v) is 18.7. The normalized spacial score (nSPS) is 33.4. The van der Waals surface area contributed by atoms with Gasteiger partial charge in [0.15, 0.2) is 17.7 Å².